The van der Waals surface area contributed by atoms with Crippen molar-refractivity contribution in [2.45, 2.75) is 44.9 Å². The number of nitrogens with zero attached hydrogens (tertiary/aromatic N) is 1. The van der Waals surface area contributed by atoms with Crippen LogP contribution < -0.4 is 0 Å². The number of hydrogen-bond donors (Lipinski definition) is 1. The monoisotopic (exact) mass is 263 g/mol. The Morgan fingerprint density at radius 1 is 1.37 bits per heavy atom. The standard InChI is InChI=1S/C16H25NO2/c1-12(2)17(10-11-19-3)15-9-8-13-6-4-5-7-14(13)16(15)18/h4-7,12,15-16,18H,8-11H2,1-3H3. The van der Waals surface area contributed by atoms with Gasteiger partial charge in [-0.1, -0.05) is 24.3 Å². The molecule has 0 saturated carbocycles. The first kappa shape index (κ1) is 14.5. The molecule has 0 aromatic heterocycles. The zero-order chi connectivity index (χ0) is 13.8. The minimum atomic E-state index is -0.385. The molecular formula is C16H25NO2. The number of rotatable bonds is 5. The van der Waals surface area contributed by atoms with Gasteiger partial charge in [0.25, 0.3) is 0 Å². The molecule has 0 amide bonds. The second kappa shape index (κ2) is 6.51. The van der Waals surface area contributed by atoms with E-state index >= 15 is 0 Å². The van der Waals surface area contributed by atoms with Crippen LogP contribution in [0.3, 0.4) is 0 Å². The maximum absolute atomic E-state index is 10.7. The van der Waals surface area contributed by atoms with E-state index in [1.54, 1.807) is 7.11 Å². The summed E-state index contributed by atoms with van der Waals surface area (Å²) in [6.07, 6.45) is 1.68. The van der Waals surface area contributed by atoms with Crippen LogP contribution in [0.4, 0.5) is 0 Å². The van der Waals surface area contributed by atoms with Gasteiger partial charge in [-0.2, -0.15) is 0 Å². The minimum absolute atomic E-state index is 0.199. The second-order valence-corrected chi connectivity index (χ2v) is 5.57. The highest BCUT2D eigenvalue weighted by Gasteiger charge is 2.32. The molecule has 3 nitrogen and oxygen atoms in total. The summed E-state index contributed by atoms with van der Waals surface area (Å²) in [6, 6.07) is 8.87. The van der Waals surface area contributed by atoms with Gasteiger partial charge in [0.05, 0.1) is 12.7 Å². The molecule has 2 atom stereocenters. The second-order valence-electron chi connectivity index (χ2n) is 5.57. The van der Waals surface area contributed by atoms with Crippen molar-refractivity contribution in [1.29, 1.82) is 0 Å². The molecule has 0 spiro atoms. The summed E-state index contributed by atoms with van der Waals surface area (Å²) in [5, 5.41) is 10.7. The minimum Gasteiger partial charge on any atom is -0.387 e. The molecule has 0 saturated heterocycles. The average molecular weight is 263 g/mol. The van der Waals surface area contributed by atoms with Crippen LogP contribution in [0.2, 0.25) is 0 Å². The lowest BCUT2D eigenvalue weighted by Crippen LogP contribution is -2.47. The van der Waals surface area contributed by atoms with Crippen molar-refractivity contribution in [3.05, 3.63) is 35.4 Å². The van der Waals surface area contributed by atoms with Crippen molar-refractivity contribution in [2.75, 3.05) is 20.3 Å². The van der Waals surface area contributed by atoms with Crippen LogP contribution in [-0.4, -0.2) is 42.4 Å². The SMILES string of the molecule is COCCN(C(C)C)C1CCc2ccccc2C1O. The molecule has 0 heterocycles. The lowest BCUT2D eigenvalue weighted by atomic mass is 9.84. The van der Waals surface area contributed by atoms with Crippen LogP contribution in [0.15, 0.2) is 24.3 Å². The number of fused-ring (bicyclic) bond motifs is 1. The van der Waals surface area contributed by atoms with Gasteiger partial charge in [0, 0.05) is 25.7 Å². The Balaban J connectivity index is 2.17. The van der Waals surface area contributed by atoms with Gasteiger partial charge < -0.3 is 9.84 Å². The molecule has 2 rings (SSSR count). The van der Waals surface area contributed by atoms with Gasteiger partial charge in [-0.3, -0.25) is 4.90 Å². The zero-order valence-electron chi connectivity index (χ0n) is 12.2. The van der Waals surface area contributed by atoms with E-state index < -0.39 is 0 Å². The summed E-state index contributed by atoms with van der Waals surface area (Å²) in [4.78, 5) is 2.37. The molecule has 0 aliphatic heterocycles. The van der Waals surface area contributed by atoms with Crippen LogP contribution >= 0.6 is 0 Å². The molecule has 1 aromatic carbocycles. The van der Waals surface area contributed by atoms with Gasteiger partial charge in [0.2, 0.25) is 0 Å². The third-order valence-corrected chi connectivity index (χ3v) is 4.09. The quantitative estimate of drug-likeness (QED) is 0.885. The van der Waals surface area contributed by atoms with Gasteiger partial charge in [-0.25, -0.2) is 0 Å². The first-order valence-electron chi connectivity index (χ1n) is 7.15. The number of methoxy groups -OCH3 is 1. The maximum Gasteiger partial charge on any atom is 0.0948 e. The molecule has 1 aliphatic rings. The predicted molar refractivity (Wildman–Crippen MR) is 77.2 cm³/mol. The van der Waals surface area contributed by atoms with Crippen molar-refractivity contribution in [3.8, 4) is 0 Å². The van der Waals surface area contributed by atoms with E-state index in [-0.39, 0.29) is 12.1 Å². The molecule has 0 radical (unpaired) electrons. The highest BCUT2D eigenvalue weighted by Crippen LogP contribution is 2.33. The predicted octanol–water partition coefficient (Wildman–Crippen LogP) is 2.39. The lowest BCUT2D eigenvalue weighted by molar-refractivity contribution is 0.00625. The van der Waals surface area contributed by atoms with E-state index in [2.05, 4.69) is 36.9 Å². The Hall–Kier alpha value is -0.900. The summed E-state index contributed by atoms with van der Waals surface area (Å²) < 4.78 is 5.19. The topological polar surface area (TPSA) is 32.7 Å². The normalized spacial score (nSPS) is 22.8. The summed E-state index contributed by atoms with van der Waals surface area (Å²) in [6.45, 7) is 5.95. The first-order valence-corrected chi connectivity index (χ1v) is 7.15. The number of aryl methyl sites for hydroxylation is 1. The Bertz CT molecular complexity index is 405. The van der Waals surface area contributed by atoms with Gasteiger partial charge in [-0.15, -0.1) is 0 Å². The smallest absolute Gasteiger partial charge is 0.0948 e. The van der Waals surface area contributed by atoms with Gasteiger partial charge in [0.1, 0.15) is 0 Å². The first-order chi connectivity index (χ1) is 9.15. The van der Waals surface area contributed by atoms with E-state index in [0.29, 0.717) is 12.6 Å². The molecule has 0 bridgehead atoms. The third kappa shape index (κ3) is 3.16. The average Bonchev–Trinajstić information content (AvgIpc) is 2.41. The highest BCUT2D eigenvalue weighted by molar-refractivity contribution is 5.32. The fourth-order valence-corrected chi connectivity index (χ4v) is 3.07. The fraction of sp³-hybridized carbons (Fsp3) is 0.625. The van der Waals surface area contributed by atoms with E-state index in [1.165, 1.54) is 5.56 Å². The fourth-order valence-electron chi connectivity index (χ4n) is 3.07. The summed E-state index contributed by atoms with van der Waals surface area (Å²) in [5.41, 5.74) is 2.39. The van der Waals surface area contributed by atoms with Crippen LogP contribution in [0.25, 0.3) is 0 Å². The molecule has 19 heavy (non-hydrogen) atoms. The molecule has 0 fully saturated rings. The van der Waals surface area contributed by atoms with Crippen molar-refractivity contribution in [1.82, 2.24) is 4.90 Å². The molecule has 2 unspecified atom stereocenters. The molecule has 1 aliphatic carbocycles. The summed E-state index contributed by atoms with van der Waals surface area (Å²) in [5.74, 6) is 0. The molecule has 1 aromatic rings. The van der Waals surface area contributed by atoms with Crippen LogP contribution in [0, 0.1) is 0 Å². The van der Waals surface area contributed by atoms with Crippen molar-refractivity contribution >= 4 is 0 Å². The maximum atomic E-state index is 10.7. The van der Waals surface area contributed by atoms with Crippen LogP contribution in [0.1, 0.15) is 37.5 Å². The summed E-state index contributed by atoms with van der Waals surface area (Å²) in [7, 11) is 1.73. The van der Waals surface area contributed by atoms with E-state index in [0.717, 1.165) is 24.9 Å². The van der Waals surface area contributed by atoms with Crippen molar-refractivity contribution in [3.63, 3.8) is 0 Å². The molecule has 106 valence electrons. The zero-order valence-corrected chi connectivity index (χ0v) is 12.2. The molecule has 1 N–H and O–H groups in total. The van der Waals surface area contributed by atoms with Crippen molar-refractivity contribution in [2.24, 2.45) is 0 Å². The lowest BCUT2D eigenvalue weighted by Gasteiger charge is -2.40. The summed E-state index contributed by atoms with van der Waals surface area (Å²) >= 11 is 0. The number of benzene rings is 1. The Kier molecular flexibility index (Phi) is 4.97. The number of aliphatic hydroxyl groups is 1. The number of aliphatic hydroxyl groups excluding tert-OH is 1. The molecule has 3 heteroatoms. The largest absolute Gasteiger partial charge is 0.387 e. The van der Waals surface area contributed by atoms with Gasteiger partial charge in [0.15, 0.2) is 0 Å². The van der Waals surface area contributed by atoms with Crippen molar-refractivity contribution < 1.29 is 9.84 Å². The van der Waals surface area contributed by atoms with Gasteiger partial charge in [-0.05, 0) is 37.8 Å². The van der Waals surface area contributed by atoms with Crippen LogP contribution in [0.5, 0.6) is 0 Å². The third-order valence-electron chi connectivity index (χ3n) is 4.09. The highest BCUT2D eigenvalue weighted by atomic mass is 16.5. The van der Waals surface area contributed by atoms with E-state index in [1.807, 2.05) is 6.07 Å². The van der Waals surface area contributed by atoms with E-state index in [4.69, 9.17) is 4.74 Å². The Morgan fingerprint density at radius 2 is 2.11 bits per heavy atom. The number of hydrogen-bond acceptors (Lipinski definition) is 3. The number of ether oxygens (including phenoxy) is 1. The Morgan fingerprint density at radius 3 is 2.79 bits per heavy atom. The molecular weight excluding hydrogens is 238 g/mol. The van der Waals surface area contributed by atoms with Gasteiger partial charge >= 0.3 is 0 Å². The van der Waals surface area contributed by atoms with E-state index in [9.17, 15) is 5.11 Å². The van der Waals surface area contributed by atoms with Crippen LogP contribution in [-0.2, 0) is 11.2 Å². The Labute approximate surface area is 116 Å².